The Labute approximate surface area is 218 Å². The Morgan fingerprint density at radius 2 is 1.87 bits per heavy atom. The molecule has 10 heteroatoms. The van der Waals surface area contributed by atoms with Gasteiger partial charge >= 0.3 is 5.97 Å². The maximum absolute atomic E-state index is 14.2. The van der Waals surface area contributed by atoms with Crippen LogP contribution >= 0.6 is 0 Å². The van der Waals surface area contributed by atoms with Gasteiger partial charge in [0.05, 0.1) is 23.3 Å². The van der Waals surface area contributed by atoms with Crippen LogP contribution in [-0.4, -0.2) is 68.4 Å². The average molecular weight is 522 g/mol. The molecule has 3 N–H and O–H groups in total. The summed E-state index contributed by atoms with van der Waals surface area (Å²) < 4.78 is 17.3. The average Bonchev–Trinajstić information content (AvgIpc) is 3.21. The molecule has 2 aromatic carbocycles. The van der Waals surface area contributed by atoms with Crippen molar-refractivity contribution in [1.82, 2.24) is 4.90 Å². The third-order valence-corrected chi connectivity index (χ3v) is 7.65. The zero-order valence-electron chi connectivity index (χ0n) is 21.0. The molecule has 0 bridgehead atoms. The molecule has 0 radical (unpaired) electrons. The van der Waals surface area contributed by atoms with Crippen molar-refractivity contribution in [2.75, 3.05) is 0 Å². The first-order valence-electron chi connectivity index (χ1n) is 12.6. The molecule has 4 aliphatic rings. The number of hydrogen-bond donors (Lipinski definition) is 3. The van der Waals surface area contributed by atoms with Crippen molar-refractivity contribution < 1.29 is 43.9 Å². The number of Topliss-reactive ketones (excluding diaryl/α,β-unsaturated/α-hetero) is 2. The van der Waals surface area contributed by atoms with Crippen LogP contribution in [0.5, 0.6) is 11.5 Å². The number of ketones is 2. The number of hydrogen-bond acceptors (Lipinski definition) is 10. The predicted molar refractivity (Wildman–Crippen MR) is 131 cm³/mol. The van der Waals surface area contributed by atoms with Gasteiger partial charge in [-0.3, -0.25) is 9.59 Å². The second-order valence-electron chi connectivity index (χ2n) is 10.1. The van der Waals surface area contributed by atoms with E-state index in [1.807, 2.05) is 0 Å². The summed E-state index contributed by atoms with van der Waals surface area (Å²) in [4.78, 5) is 42.6. The van der Waals surface area contributed by atoms with E-state index in [9.17, 15) is 29.7 Å². The highest BCUT2D eigenvalue weighted by atomic mass is 16.7. The summed E-state index contributed by atoms with van der Waals surface area (Å²) >= 11 is 0. The van der Waals surface area contributed by atoms with E-state index < -0.39 is 54.4 Å². The highest BCUT2D eigenvalue weighted by Gasteiger charge is 2.53. The van der Waals surface area contributed by atoms with E-state index in [1.54, 1.807) is 32.9 Å². The summed E-state index contributed by atoms with van der Waals surface area (Å²) in [6.45, 7) is 5.16. The normalized spacial score (nSPS) is 29.9. The van der Waals surface area contributed by atoms with Gasteiger partial charge in [0, 0.05) is 23.1 Å². The predicted octanol–water partition coefficient (Wildman–Crippen LogP) is 2.38. The molecule has 0 spiro atoms. The Morgan fingerprint density at radius 3 is 2.58 bits per heavy atom. The fourth-order valence-electron chi connectivity index (χ4n) is 5.88. The van der Waals surface area contributed by atoms with Crippen LogP contribution in [0.4, 0.5) is 0 Å². The van der Waals surface area contributed by atoms with Crippen molar-refractivity contribution in [2.24, 2.45) is 0 Å². The van der Waals surface area contributed by atoms with Gasteiger partial charge in [-0.05, 0) is 44.0 Å². The third-order valence-electron chi connectivity index (χ3n) is 7.65. The molecule has 0 saturated carbocycles. The molecule has 3 heterocycles. The molecule has 0 aromatic heterocycles. The summed E-state index contributed by atoms with van der Waals surface area (Å²) in [6.07, 6.45) is -4.53. The second kappa shape index (κ2) is 8.65. The Hall–Kier alpha value is -3.73. The van der Waals surface area contributed by atoms with Gasteiger partial charge in [-0.25, -0.2) is 4.79 Å². The smallest absolute Gasteiger partial charge is 0.331 e. The fraction of sp³-hybridized carbons (Fsp3) is 0.393. The van der Waals surface area contributed by atoms with E-state index in [-0.39, 0.29) is 45.9 Å². The molecule has 2 fully saturated rings. The number of aliphatic hydroxyl groups excluding tert-OH is 2. The molecule has 10 nitrogen and oxygen atoms in total. The lowest BCUT2D eigenvalue weighted by atomic mass is 9.78. The lowest BCUT2D eigenvalue weighted by Gasteiger charge is -2.39. The van der Waals surface area contributed by atoms with Crippen LogP contribution in [0.3, 0.4) is 0 Å². The van der Waals surface area contributed by atoms with E-state index in [1.165, 1.54) is 23.1 Å². The molecule has 6 rings (SSSR count). The third kappa shape index (κ3) is 3.40. The number of allylic oxidation sites excluding steroid dienone is 2. The number of carbonyl (C=O) groups is 3. The molecule has 2 saturated heterocycles. The van der Waals surface area contributed by atoms with E-state index in [0.29, 0.717) is 17.5 Å². The number of aryl methyl sites for hydroxylation is 1. The number of carbonyl (C=O) groups excluding carboxylic acids is 3. The minimum Gasteiger partial charge on any atom is -0.507 e. The number of phenols is 1. The number of fused-ring (bicyclic) bond motifs is 6. The lowest BCUT2D eigenvalue weighted by molar-refractivity contribution is -0.216. The Bertz CT molecular complexity index is 1420. The Kier molecular flexibility index (Phi) is 5.60. The van der Waals surface area contributed by atoms with Gasteiger partial charge in [0.1, 0.15) is 29.3 Å². The summed E-state index contributed by atoms with van der Waals surface area (Å²) in [5.41, 5.74) is 1.40. The SMILES string of the molecule is CC[C@H]1C(=O)O[C@@H]2c3cc(C)cc(O)c3C3=C(C(=O)c4c(O[C@H]5C[C@@H](O)[C@@H](O)[C@H](C)O5)cccc4C3=O)N21. The monoisotopic (exact) mass is 521 g/mol. The molecule has 1 aliphatic carbocycles. The topological polar surface area (TPSA) is 143 Å². The summed E-state index contributed by atoms with van der Waals surface area (Å²) in [5, 5.41) is 31.1. The van der Waals surface area contributed by atoms with Gasteiger partial charge in [0.15, 0.2) is 5.78 Å². The Morgan fingerprint density at radius 1 is 1.11 bits per heavy atom. The van der Waals surface area contributed by atoms with Crippen LogP contribution in [0.25, 0.3) is 5.57 Å². The molecule has 0 amide bonds. The minimum absolute atomic E-state index is 0.00359. The van der Waals surface area contributed by atoms with Gasteiger partial charge in [0.2, 0.25) is 18.3 Å². The number of aromatic hydroxyl groups is 1. The molecule has 2 aromatic rings. The largest absolute Gasteiger partial charge is 0.507 e. The number of benzene rings is 2. The van der Waals surface area contributed by atoms with Crippen LogP contribution in [0.1, 0.15) is 70.3 Å². The molecular weight excluding hydrogens is 494 g/mol. The van der Waals surface area contributed by atoms with Crippen LogP contribution in [0.15, 0.2) is 36.0 Å². The van der Waals surface area contributed by atoms with Crippen LogP contribution < -0.4 is 4.74 Å². The molecule has 0 unspecified atom stereocenters. The van der Waals surface area contributed by atoms with Crippen molar-refractivity contribution in [3.05, 3.63) is 63.8 Å². The summed E-state index contributed by atoms with van der Waals surface area (Å²) in [7, 11) is 0. The van der Waals surface area contributed by atoms with E-state index in [2.05, 4.69) is 0 Å². The first kappa shape index (κ1) is 24.6. The van der Waals surface area contributed by atoms with Gasteiger partial charge in [-0.2, -0.15) is 0 Å². The summed E-state index contributed by atoms with van der Waals surface area (Å²) in [6, 6.07) is 7.05. The van der Waals surface area contributed by atoms with Crippen molar-refractivity contribution in [3.63, 3.8) is 0 Å². The number of ether oxygens (including phenoxy) is 3. The van der Waals surface area contributed by atoms with Crippen molar-refractivity contribution in [1.29, 1.82) is 0 Å². The number of aliphatic hydroxyl groups is 2. The fourth-order valence-corrected chi connectivity index (χ4v) is 5.88. The molecule has 6 atom stereocenters. The van der Waals surface area contributed by atoms with E-state index in [4.69, 9.17) is 14.2 Å². The van der Waals surface area contributed by atoms with Crippen LogP contribution in [0.2, 0.25) is 0 Å². The molecule has 3 aliphatic heterocycles. The van der Waals surface area contributed by atoms with E-state index in [0.717, 1.165) is 0 Å². The van der Waals surface area contributed by atoms with Gasteiger partial charge in [0.25, 0.3) is 0 Å². The van der Waals surface area contributed by atoms with Gasteiger partial charge in [-0.1, -0.05) is 19.1 Å². The zero-order chi connectivity index (χ0) is 27.0. The second-order valence-corrected chi connectivity index (χ2v) is 10.1. The van der Waals surface area contributed by atoms with Crippen molar-refractivity contribution in [3.8, 4) is 11.5 Å². The standard InChI is InChI=1S/C28H27NO9/c1-4-15-28(35)38-27-14-8-11(2)9-16(30)20(14)22-23(29(15)27)26(34)21-13(25(22)33)6-5-7-18(21)37-19-10-17(31)24(32)12(3)36-19/h5-9,12,15,17,19,24,27,30-32H,4,10H2,1-3H3/t12-,15-,17+,19-,24-,27+/m0/s1. The summed E-state index contributed by atoms with van der Waals surface area (Å²) in [5.74, 6) is -1.69. The number of phenolic OH excluding ortho intramolecular Hbond substituents is 1. The van der Waals surface area contributed by atoms with Crippen LogP contribution in [-0.2, 0) is 14.3 Å². The molecule has 198 valence electrons. The highest BCUT2D eigenvalue weighted by Crippen LogP contribution is 2.52. The minimum atomic E-state index is -1.09. The maximum atomic E-state index is 14.2. The lowest BCUT2D eigenvalue weighted by Crippen LogP contribution is -2.48. The van der Waals surface area contributed by atoms with Gasteiger partial charge in [-0.15, -0.1) is 0 Å². The highest BCUT2D eigenvalue weighted by molar-refractivity contribution is 6.41. The van der Waals surface area contributed by atoms with E-state index >= 15 is 0 Å². The van der Waals surface area contributed by atoms with Gasteiger partial charge < -0.3 is 34.4 Å². The Balaban J connectivity index is 1.51. The molecular formula is C28H27NO9. The first-order valence-corrected chi connectivity index (χ1v) is 12.6. The number of esters is 1. The quantitative estimate of drug-likeness (QED) is 0.515. The van der Waals surface area contributed by atoms with Crippen LogP contribution in [0, 0.1) is 6.92 Å². The number of rotatable bonds is 3. The first-order chi connectivity index (χ1) is 18.1. The molecule has 38 heavy (non-hydrogen) atoms. The zero-order valence-corrected chi connectivity index (χ0v) is 21.0. The maximum Gasteiger partial charge on any atom is 0.331 e. The number of nitrogens with zero attached hydrogens (tertiary/aromatic N) is 1. The van der Waals surface area contributed by atoms with Crippen molar-refractivity contribution >= 4 is 23.1 Å². The van der Waals surface area contributed by atoms with Crippen molar-refractivity contribution in [2.45, 2.75) is 70.5 Å².